The van der Waals surface area contributed by atoms with Crippen molar-refractivity contribution in [1.82, 2.24) is 4.90 Å². The molecular formula is C21H24N2O3S. The molecule has 3 rings (SSSR count). The van der Waals surface area contributed by atoms with E-state index in [2.05, 4.69) is 26.1 Å². The number of anilines is 1. The Morgan fingerprint density at radius 2 is 1.78 bits per heavy atom. The summed E-state index contributed by atoms with van der Waals surface area (Å²) in [6.07, 6.45) is 0. The maximum Gasteiger partial charge on any atom is 0.278 e. The van der Waals surface area contributed by atoms with Gasteiger partial charge >= 0.3 is 0 Å². The number of carbonyl (C=O) groups excluding carboxylic acids is 2. The average molecular weight is 385 g/mol. The van der Waals surface area contributed by atoms with E-state index in [1.165, 1.54) is 21.8 Å². The minimum atomic E-state index is -0.319. The minimum absolute atomic E-state index is 0.0516. The van der Waals surface area contributed by atoms with Gasteiger partial charge in [0.05, 0.1) is 18.7 Å². The van der Waals surface area contributed by atoms with Gasteiger partial charge in [-0.1, -0.05) is 39.0 Å². The Kier molecular flexibility index (Phi) is 5.48. The number of amides is 2. The van der Waals surface area contributed by atoms with Gasteiger partial charge in [0.1, 0.15) is 5.70 Å². The van der Waals surface area contributed by atoms with Crippen LogP contribution in [0.4, 0.5) is 5.69 Å². The molecule has 0 saturated carbocycles. The molecule has 27 heavy (non-hydrogen) atoms. The number of carbonyl (C=O) groups is 2. The van der Waals surface area contributed by atoms with Gasteiger partial charge in [0, 0.05) is 17.7 Å². The Balaban J connectivity index is 1.94. The molecule has 1 aliphatic heterocycles. The summed E-state index contributed by atoms with van der Waals surface area (Å²) in [5.41, 5.74) is 2.78. The molecule has 0 bridgehead atoms. The number of benzene rings is 1. The number of thiophene rings is 1. The maximum atomic E-state index is 12.9. The Bertz CT molecular complexity index is 862. The fourth-order valence-electron chi connectivity index (χ4n) is 2.92. The Hall–Kier alpha value is -2.44. The van der Waals surface area contributed by atoms with Crippen LogP contribution in [0.25, 0.3) is 5.57 Å². The van der Waals surface area contributed by atoms with E-state index in [-0.39, 0.29) is 23.8 Å². The average Bonchev–Trinajstić information content (AvgIpc) is 3.21. The predicted molar refractivity (Wildman–Crippen MR) is 109 cm³/mol. The minimum Gasteiger partial charge on any atom is -0.383 e. The number of hydrogen-bond donors (Lipinski definition) is 1. The molecule has 1 aromatic heterocycles. The molecule has 0 unspecified atom stereocenters. The lowest BCUT2D eigenvalue weighted by atomic mass is 9.87. The molecule has 0 aliphatic carbocycles. The van der Waals surface area contributed by atoms with E-state index in [1.807, 2.05) is 41.8 Å². The van der Waals surface area contributed by atoms with Gasteiger partial charge in [-0.25, -0.2) is 0 Å². The van der Waals surface area contributed by atoms with Gasteiger partial charge in [-0.2, -0.15) is 0 Å². The maximum absolute atomic E-state index is 12.9. The van der Waals surface area contributed by atoms with Crippen molar-refractivity contribution in [2.75, 3.05) is 25.6 Å². The molecule has 5 nitrogen and oxygen atoms in total. The third kappa shape index (κ3) is 3.96. The van der Waals surface area contributed by atoms with Crippen LogP contribution in [0.3, 0.4) is 0 Å². The fourth-order valence-corrected chi connectivity index (χ4v) is 3.69. The Morgan fingerprint density at radius 3 is 2.33 bits per heavy atom. The van der Waals surface area contributed by atoms with Gasteiger partial charge in [0.15, 0.2) is 0 Å². The van der Waals surface area contributed by atoms with Crippen LogP contribution in [-0.4, -0.2) is 37.0 Å². The standard InChI is InChI=1S/C21H24N2O3S/c1-21(2,3)14-7-9-15(10-8-14)22-18-17(16-6-5-13-27-16)19(24)23(20(18)25)11-12-26-4/h5-10,13,22H,11-12H2,1-4H3. The molecule has 0 spiro atoms. The number of methoxy groups -OCH3 is 1. The van der Waals surface area contributed by atoms with Gasteiger partial charge in [-0.3, -0.25) is 14.5 Å². The van der Waals surface area contributed by atoms with Crippen molar-refractivity contribution in [3.05, 3.63) is 57.9 Å². The molecule has 0 saturated heterocycles. The van der Waals surface area contributed by atoms with Gasteiger partial charge < -0.3 is 10.1 Å². The van der Waals surface area contributed by atoms with E-state index >= 15 is 0 Å². The van der Waals surface area contributed by atoms with Crippen LogP contribution in [0.2, 0.25) is 0 Å². The molecular weight excluding hydrogens is 360 g/mol. The largest absolute Gasteiger partial charge is 0.383 e. The molecule has 0 radical (unpaired) electrons. The lowest BCUT2D eigenvalue weighted by molar-refractivity contribution is -0.137. The molecule has 1 aliphatic rings. The van der Waals surface area contributed by atoms with E-state index in [4.69, 9.17) is 4.74 Å². The zero-order valence-corrected chi connectivity index (χ0v) is 16.9. The first kappa shape index (κ1) is 19.3. The second-order valence-corrected chi connectivity index (χ2v) is 8.38. The molecule has 0 fully saturated rings. The monoisotopic (exact) mass is 384 g/mol. The third-order valence-electron chi connectivity index (χ3n) is 4.47. The van der Waals surface area contributed by atoms with Crippen molar-refractivity contribution < 1.29 is 14.3 Å². The number of nitrogens with one attached hydrogen (secondary N) is 1. The Labute approximate surface area is 163 Å². The molecule has 2 amide bonds. The third-order valence-corrected chi connectivity index (χ3v) is 5.36. The predicted octanol–water partition coefficient (Wildman–Crippen LogP) is 3.88. The highest BCUT2D eigenvalue weighted by molar-refractivity contribution is 7.11. The highest BCUT2D eigenvalue weighted by Gasteiger charge is 2.39. The number of ether oxygens (including phenoxy) is 1. The van der Waals surface area contributed by atoms with Crippen LogP contribution in [0, 0.1) is 0 Å². The van der Waals surface area contributed by atoms with Gasteiger partial charge in [0.25, 0.3) is 11.8 Å². The summed E-state index contributed by atoms with van der Waals surface area (Å²) in [7, 11) is 1.55. The normalized spacial score (nSPS) is 15.0. The van der Waals surface area contributed by atoms with Gasteiger partial charge in [-0.05, 0) is 34.6 Å². The van der Waals surface area contributed by atoms with E-state index < -0.39 is 0 Å². The molecule has 2 heterocycles. The van der Waals surface area contributed by atoms with Crippen molar-refractivity contribution in [2.45, 2.75) is 26.2 Å². The van der Waals surface area contributed by atoms with Crippen molar-refractivity contribution in [3.63, 3.8) is 0 Å². The molecule has 1 aromatic carbocycles. The van der Waals surface area contributed by atoms with Crippen molar-refractivity contribution in [2.24, 2.45) is 0 Å². The highest BCUT2D eigenvalue weighted by Crippen LogP contribution is 2.33. The quantitative estimate of drug-likeness (QED) is 0.768. The van der Waals surface area contributed by atoms with Gasteiger partial charge in [-0.15, -0.1) is 11.3 Å². The summed E-state index contributed by atoms with van der Waals surface area (Å²) < 4.78 is 5.04. The van der Waals surface area contributed by atoms with Crippen LogP contribution in [-0.2, 0) is 19.7 Å². The van der Waals surface area contributed by atoms with Crippen molar-refractivity contribution in [1.29, 1.82) is 0 Å². The van der Waals surface area contributed by atoms with Crippen LogP contribution in [0.5, 0.6) is 0 Å². The number of rotatable bonds is 6. The fraction of sp³-hybridized carbons (Fsp3) is 0.333. The summed E-state index contributed by atoms with van der Waals surface area (Å²) in [5.74, 6) is -0.603. The molecule has 142 valence electrons. The first-order valence-corrected chi connectivity index (χ1v) is 9.71. The summed E-state index contributed by atoms with van der Waals surface area (Å²) in [6, 6.07) is 11.7. The van der Waals surface area contributed by atoms with Crippen LogP contribution in [0.1, 0.15) is 31.2 Å². The van der Waals surface area contributed by atoms with E-state index in [1.54, 1.807) is 7.11 Å². The zero-order chi connectivity index (χ0) is 19.6. The first-order valence-electron chi connectivity index (χ1n) is 8.84. The van der Waals surface area contributed by atoms with E-state index in [0.29, 0.717) is 17.9 Å². The smallest absolute Gasteiger partial charge is 0.278 e. The lowest BCUT2D eigenvalue weighted by Crippen LogP contribution is -2.35. The summed E-state index contributed by atoms with van der Waals surface area (Å²) in [6.45, 7) is 7.00. The molecule has 0 atom stereocenters. The summed E-state index contributed by atoms with van der Waals surface area (Å²) in [4.78, 5) is 27.8. The molecule has 2 aromatic rings. The van der Waals surface area contributed by atoms with E-state index in [9.17, 15) is 9.59 Å². The first-order chi connectivity index (χ1) is 12.8. The van der Waals surface area contributed by atoms with Crippen LogP contribution in [0.15, 0.2) is 47.5 Å². The summed E-state index contributed by atoms with van der Waals surface area (Å²) in [5, 5.41) is 5.07. The second-order valence-electron chi connectivity index (χ2n) is 7.43. The summed E-state index contributed by atoms with van der Waals surface area (Å²) >= 11 is 1.44. The topological polar surface area (TPSA) is 58.6 Å². The second kappa shape index (κ2) is 7.66. The van der Waals surface area contributed by atoms with Crippen LogP contribution >= 0.6 is 11.3 Å². The van der Waals surface area contributed by atoms with Crippen LogP contribution < -0.4 is 5.32 Å². The van der Waals surface area contributed by atoms with Crippen molar-refractivity contribution >= 4 is 34.4 Å². The van der Waals surface area contributed by atoms with Gasteiger partial charge in [0.2, 0.25) is 0 Å². The number of nitrogens with zero attached hydrogens (tertiary/aromatic N) is 1. The number of hydrogen-bond acceptors (Lipinski definition) is 5. The lowest BCUT2D eigenvalue weighted by Gasteiger charge is -2.19. The zero-order valence-electron chi connectivity index (χ0n) is 16.0. The van der Waals surface area contributed by atoms with E-state index in [0.717, 1.165) is 10.6 Å². The Morgan fingerprint density at radius 1 is 1.07 bits per heavy atom. The van der Waals surface area contributed by atoms with Crippen molar-refractivity contribution in [3.8, 4) is 0 Å². The highest BCUT2D eigenvalue weighted by atomic mass is 32.1. The molecule has 6 heteroatoms. The molecule has 1 N–H and O–H groups in total. The SMILES string of the molecule is COCCN1C(=O)C(Nc2ccc(C(C)(C)C)cc2)=C(c2cccs2)C1=O. The number of imide groups is 1.